The molecule has 2 aliphatic rings. The van der Waals surface area contributed by atoms with Gasteiger partial charge in [-0.2, -0.15) is 0 Å². The molecule has 0 aromatic carbocycles. The van der Waals surface area contributed by atoms with Crippen LogP contribution in [-0.4, -0.2) is 27.1 Å². The Hall–Kier alpha value is -0.980. The van der Waals surface area contributed by atoms with E-state index in [4.69, 9.17) is 14.2 Å². The summed E-state index contributed by atoms with van der Waals surface area (Å²) >= 11 is 0. The van der Waals surface area contributed by atoms with Crippen molar-refractivity contribution in [3.8, 4) is 11.8 Å². The Labute approximate surface area is 96.8 Å². The highest BCUT2D eigenvalue weighted by molar-refractivity contribution is 5.38. The summed E-state index contributed by atoms with van der Waals surface area (Å²) in [7, 11) is 1.66. The van der Waals surface area contributed by atoms with Crippen molar-refractivity contribution < 1.29 is 14.2 Å². The van der Waals surface area contributed by atoms with Gasteiger partial charge in [-0.15, -0.1) is 0 Å². The summed E-state index contributed by atoms with van der Waals surface area (Å²) in [6, 6.07) is 0. The fourth-order valence-electron chi connectivity index (χ4n) is 1.37. The minimum absolute atomic E-state index is 0.313. The Balaban J connectivity index is 1.65. The van der Waals surface area contributed by atoms with Crippen molar-refractivity contribution in [1.29, 1.82) is 0 Å². The number of allylic oxidation sites excluding steroid dienone is 2. The van der Waals surface area contributed by atoms with Gasteiger partial charge in [-0.25, -0.2) is 0 Å². The smallest absolute Gasteiger partial charge is 0.188 e. The second-order valence-corrected chi connectivity index (χ2v) is 4.11. The van der Waals surface area contributed by atoms with E-state index in [9.17, 15) is 0 Å². The molecule has 3 nitrogen and oxygen atoms in total. The maximum absolute atomic E-state index is 5.49. The van der Waals surface area contributed by atoms with E-state index in [2.05, 4.69) is 11.8 Å². The molecule has 0 unspecified atom stereocenters. The normalized spacial score (nSPS) is 18.8. The fraction of sp³-hybridized carbons (Fsp3) is 0.692. The third kappa shape index (κ3) is 3.55. The molecule has 0 aromatic rings. The van der Waals surface area contributed by atoms with Gasteiger partial charge in [-0.05, 0) is 19.3 Å². The highest BCUT2D eigenvalue weighted by Gasteiger charge is 2.20. The highest BCUT2D eigenvalue weighted by Crippen LogP contribution is 2.31. The second-order valence-electron chi connectivity index (χ2n) is 4.11. The Kier molecular flexibility index (Phi) is 4.26. The third-order valence-corrected chi connectivity index (χ3v) is 2.69. The molecule has 0 amide bonds. The van der Waals surface area contributed by atoms with Gasteiger partial charge < -0.3 is 14.2 Å². The highest BCUT2D eigenvalue weighted by atomic mass is 16.7. The summed E-state index contributed by atoms with van der Waals surface area (Å²) in [5, 5.41) is 0. The molecule has 0 bridgehead atoms. The van der Waals surface area contributed by atoms with Crippen molar-refractivity contribution in [3.63, 3.8) is 0 Å². The first kappa shape index (κ1) is 11.5. The number of hydrogen-bond donors (Lipinski definition) is 0. The molecule has 0 heterocycles. The monoisotopic (exact) mass is 222 g/mol. The summed E-state index contributed by atoms with van der Waals surface area (Å²) in [5.74, 6) is 8.14. The van der Waals surface area contributed by atoms with Crippen LogP contribution < -0.4 is 0 Å². The lowest BCUT2D eigenvalue weighted by atomic mass is 9.96. The number of ether oxygens (including phenoxy) is 3. The van der Waals surface area contributed by atoms with Gasteiger partial charge in [-0.1, -0.05) is 11.8 Å². The average molecular weight is 222 g/mol. The van der Waals surface area contributed by atoms with Crippen LogP contribution in [0.15, 0.2) is 11.3 Å². The van der Waals surface area contributed by atoms with Gasteiger partial charge in [0.1, 0.15) is 5.76 Å². The van der Waals surface area contributed by atoms with Crippen molar-refractivity contribution in [2.45, 2.75) is 25.7 Å². The fourth-order valence-corrected chi connectivity index (χ4v) is 1.37. The average Bonchev–Trinajstić information content (AvgIpc) is 3.06. The van der Waals surface area contributed by atoms with E-state index in [1.165, 1.54) is 18.4 Å². The van der Waals surface area contributed by atoms with Crippen LogP contribution in [0, 0.1) is 17.8 Å². The number of hydrogen-bond acceptors (Lipinski definition) is 3. The molecule has 0 spiro atoms. The molecule has 0 N–H and O–H groups in total. The van der Waals surface area contributed by atoms with Crippen molar-refractivity contribution in [2.24, 2.45) is 5.92 Å². The van der Waals surface area contributed by atoms with Crippen LogP contribution in [0.3, 0.4) is 0 Å². The van der Waals surface area contributed by atoms with Gasteiger partial charge in [0.15, 0.2) is 6.79 Å². The third-order valence-electron chi connectivity index (χ3n) is 2.69. The van der Waals surface area contributed by atoms with Gasteiger partial charge in [0.25, 0.3) is 0 Å². The van der Waals surface area contributed by atoms with Crippen molar-refractivity contribution >= 4 is 0 Å². The van der Waals surface area contributed by atoms with Crippen molar-refractivity contribution in [3.05, 3.63) is 11.3 Å². The minimum Gasteiger partial charge on any atom is -0.471 e. The predicted molar refractivity (Wildman–Crippen MR) is 60.5 cm³/mol. The maximum Gasteiger partial charge on any atom is 0.188 e. The molecule has 0 atom stereocenters. The lowest BCUT2D eigenvalue weighted by Crippen LogP contribution is -2.11. The summed E-state index contributed by atoms with van der Waals surface area (Å²) in [5.41, 5.74) is 1.17. The maximum atomic E-state index is 5.49. The Morgan fingerprint density at radius 1 is 1.25 bits per heavy atom. The van der Waals surface area contributed by atoms with E-state index >= 15 is 0 Å². The molecule has 1 saturated carbocycles. The molecule has 0 aromatic heterocycles. The molecular weight excluding hydrogens is 204 g/mol. The molecule has 88 valence electrons. The Bertz CT molecular complexity index is 318. The zero-order valence-corrected chi connectivity index (χ0v) is 9.75. The van der Waals surface area contributed by atoms with Crippen LogP contribution in [0.2, 0.25) is 0 Å². The van der Waals surface area contributed by atoms with Crippen LogP contribution >= 0.6 is 0 Å². The van der Waals surface area contributed by atoms with E-state index < -0.39 is 0 Å². The van der Waals surface area contributed by atoms with Crippen LogP contribution in [-0.2, 0) is 14.2 Å². The molecule has 0 radical (unpaired) electrons. The standard InChI is InChI=1S/C13H18O3/c1-14-8-9-15-10-16-13-7-6-12(13)5-4-11-2-3-11/h11H,2-3,6-10H2,1H3. The quantitative estimate of drug-likeness (QED) is 0.391. The van der Waals surface area contributed by atoms with E-state index in [-0.39, 0.29) is 0 Å². The SMILES string of the molecule is COCCOCOC1=C(C#CC2CC2)CC1. The molecule has 2 rings (SSSR count). The summed E-state index contributed by atoms with van der Waals surface area (Å²) in [6.07, 6.45) is 4.61. The lowest BCUT2D eigenvalue weighted by molar-refractivity contribution is -0.0450. The van der Waals surface area contributed by atoms with Crippen LogP contribution in [0.5, 0.6) is 0 Å². The van der Waals surface area contributed by atoms with E-state index in [0.29, 0.717) is 25.9 Å². The van der Waals surface area contributed by atoms with Crippen LogP contribution in [0.1, 0.15) is 25.7 Å². The molecule has 0 aliphatic heterocycles. The summed E-state index contributed by atoms with van der Waals surface area (Å²) in [6.45, 7) is 1.50. The van der Waals surface area contributed by atoms with E-state index in [1.807, 2.05) is 0 Å². The van der Waals surface area contributed by atoms with Gasteiger partial charge in [0.05, 0.1) is 13.2 Å². The molecule has 2 aliphatic carbocycles. The molecule has 3 heteroatoms. The van der Waals surface area contributed by atoms with Crippen molar-refractivity contribution in [2.75, 3.05) is 27.1 Å². The molecule has 0 saturated heterocycles. The first-order valence-electron chi connectivity index (χ1n) is 5.83. The summed E-state index contributed by atoms with van der Waals surface area (Å²) < 4.78 is 15.6. The second kappa shape index (κ2) is 5.93. The van der Waals surface area contributed by atoms with E-state index in [0.717, 1.165) is 18.6 Å². The molecule has 16 heavy (non-hydrogen) atoms. The Morgan fingerprint density at radius 2 is 2.12 bits per heavy atom. The predicted octanol–water partition coefficient (Wildman–Crippen LogP) is 2.08. The zero-order chi connectivity index (χ0) is 11.2. The van der Waals surface area contributed by atoms with Crippen LogP contribution in [0.4, 0.5) is 0 Å². The zero-order valence-electron chi connectivity index (χ0n) is 9.75. The topological polar surface area (TPSA) is 27.7 Å². The van der Waals surface area contributed by atoms with Gasteiger partial charge >= 0.3 is 0 Å². The van der Waals surface area contributed by atoms with Gasteiger partial charge in [0.2, 0.25) is 0 Å². The van der Waals surface area contributed by atoms with Gasteiger partial charge in [0, 0.05) is 25.0 Å². The number of rotatable bonds is 6. The Morgan fingerprint density at radius 3 is 2.75 bits per heavy atom. The first-order chi connectivity index (χ1) is 7.90. The molecular formula is C13H18O3. The number of methoxy groups -OCH3 is 1. The van der Waals surface area contributed by atoms with Crippen molar-refractivity contribution in [1.82, 2.24) is 0 Å². The minimum atomic E-state index is 0.313. The first-order valence-corrected chi connectivity index (χ1v) is 5.83. The van der Waals surface area contributed by atoms with Gasteiger partial charge in [-0.3, -0.25) is 0 Å². The summed E-state index contributed by atoms with van der Waals surface area (Å²) in [4.78, 5) is 0. The largest absolute Gasteiger partial charge is 0.471 e. The van der Waals surface area contributed by atoms with Crippen LogP contribution in [0.25, 0.3) is 0 Å². The molecule has 1 fully saturated rings. The van der Waals surface area contributed by atoms with E-state index in [1.54, 1.807) is 7.11 Å². The lowest BCUT2D eigenvalue weighted by Gasteiger charge is -2.20.